The quantitative estimate of drug-likeness (QED) is 0.580. The van der Waals surface area contributed by atoms with E-state index in [1.807, 2.05) is 25.8 Å². The number of aliphatic hydroxyl groups is 1. The van der Waals surface area contributed by atoms with Gasteiger partial charge in [-0.1, -0.05) is 13.8 Å². The summed E-state index contributed by atoms with van der Waals surface area (Å²) in [4.78, 5) is 12.4. The van der Waals surface area contributed by atoms with Crippen molar-refractivity contribution < 1.29 is 9.90 Å². The third kappa shape index (κ3) is 4.93. The lowest BCUT2D eigenvalue weighted by Gasteiger charge is -2.24. The van der Waals surface area contributed by atoms with E-state index >= 15 is 0 Å². The summed E-state index contributed by atoms with van der Waals surface area (Å²) in [6.07, 6.45) is 0.945. The Morgan fingerprint density at radius 2 is 2.09 bits per heavy atom. The Bertz CT molecular complexity index is 123. The number of hydrogen-bond donors (Lipinski definition) is 1. The summed E-state index contributed by atoms with van der Waals surface area (Å²) >= 11 is 0. The number of carbonyl (C=O) groups is 1. The van der Waals surface area contributed by atoms with Gasteiger partial charge in [-0.3, -0.25) is 0 Å². The van der Waals surface area contributed by atoms with Crippen LogP contribution in [0, 0.1) is 5.41 Å². The van der Waals surface area contributed by atoms with Gasteiger partial charge in [0, 0.05) is 18.5 Å². The van der Waals surface area contributed by atoms with Crippen molar-refractivity contribution in [3.8, 4) is 0 Å². The van der Waals surface area contributed by atoms with Crippen LogP contribution in [0.25, 0.3) is 0 Å². The van der Waals surface area contributed by atoms with Gasteiger partial charge in [0.1, 0.15) is 6.29 Å². The summed E-state index contributed by atoms with van der Waals surface area (Å²) in [5.74, 6) is 0. The van der Waals surface area contributed by atoms with Crippen molar-refractivity contribution in [2.24, 2.45) is 5.41 Å². The van der Waals surface area contributed by atoms with Crippen LogP contribution in [0.1, 0.15) is 13.8 Å². The molecule has 0 aliphatic rings. The van der Waals surface area contributed by atoms with E-state index in [0.29, 0.717) is 13.1 Å². The summed E-state index contributed by atoms with van der Waals surface area (Å²) in [7, 11) is 1.89. The third-order valence-corrected chi connectivity index (χ3v) is 1.48. The predicted molar refractivity (Wildman–Crippen MR) is 44.4 cm³/mol. The highest BCUT2D eigenvalue weighted by Gasteiger charge is 2.18. The van der Waals surface area contributed by atoms with Crippen LogP contribution in [-0.4, -0.2) is 43.0 Å². The molecule has 3 nitrogen and oxygen atoms in total. The highest BCUT2D eigenvalue weighted by atomic mass is 16.3. The van der Waals surface area contributed by atoms with E-state index < -0.39 is 0 Å². The summed E-state index contributed by atoms with van der Waals surface area (Å²) < 4.78 is 0. The Morgan fingerprint density at radius 1 is 1.55 bits per heavy atom. The standard InChI is InChI=1S/C8H17NO2/c1-8(2,7-11)6-9(3)4-5-10/h7,10H,4-6H2,1-3H3. The van der Waals surface area contributed by atoms with Crippen LogP contribution in [0.2, 0.25) is 0 Å². The highest BCUT2D eigenvalue weighted by molar-refractivity contribution is 5.58. The summed E-state index contributed by atoms with van der Waals surface area (Å²) in [6, 6.07) is 0. The van der Waals surface area contributed by atoms with E-state index in [1.165, 1.54) is 0 Å². The lowest BCUT2D eigenvalue weighted by atomic mass is 9.95. The van der Waals surface area contributed by atoms with Gasteiger partial charge in [0.2, 0.25) is 0 Å². The van der Waals surface area contributed by atoms with Crippen molar-refractivity contribution in [1.82, 2.24) is 4.90 Å². The molecule has 0 saturated carbocycles. The number of carbonyl (C=O) groups excluding carboxylic acids is 1. The van der Waals surface area contributed by atoms with Crippen LogP contribution in [0.4, 0.5) is 0 Å². The van der Waals surface area contributed by atoms with Crippen LogP contribution < -0.4 is 0 Å². The van der Waals surface area contributed by atoms with E-state index in [9.17, 15) is 4.79 Å². The average Bonchev–Trinajstić information content (AvgIpc) is 1.87. The molecule has 0 amide bonds. The zero-order valence-corrected chi connectivity index (χ0v) is 7.50. The molecule has 11 heavy (non-hydrogen) atoms. The molecule has 0 unspecified atom stereocenters. The first-order chi connectivity index (χ1) is 5.02. The molecule has 0 spiro atoms. The second-order valence-electron chi connectivity index (χ2n) is 3.57. The van der Waals surface area contributed by atoms with Gasteiger partial charge in [0.05, 0.1) is 6.61 Å². The van der Waals surface area contributed by atoms with Crippen molar-refractivity contribution in [2.75, 3.05) is 26.7 Å². The Balaban J connectivity index is 3.72. The monoisotopic (exact) mass is 159 g/mol. The maximum atomic E-state index is 10.5. The first-order valence-corrected chi connectivity index (χ1v) is 3.77. The summed E-state index contributed by atoms with van der Waals surface area (Å²) in [5, 5.41) is 8.58. The number of nitrogens with zero attached hydrogens (tertiary/aromatic N) is 1. The first-order valence-electron chi connectivity index (χ1n) is 3.77. The Morgan fingerprint density at radius 3 is 2.45 bits per heavy atom. The molecule has 0 atom stereocenters. The van der Waals surface area contributed by atoms with E-state index in [1.54, 1.807) is 0 Å². The first kappa shape index (κ1) is 10.6. The molecule has 0 saturated heterocycles. The molecular weight excluding hydrogens is 142 g/mol. The van der Waals surface area contributed by atoms with E-state index in [-0.39, 0.29) is 12.0 Å². The van der Waals surface area contributed by atoms with Gasteiger partial charge in [-0.15, -0.1) is 0 Å². The Labute approximate surface area is 68.0 Å². The van der Waals surface area contributed by atoms with E-state index in [2.05, 4.69) is 0 Å². The van der Waals surface area contributed by atoms with Gasteiger partial charge < -0.3 is 14.8 Å². The van der Waals surface area contributed by atoms with Crippen molar-refractivity contribution in [3.63, 3.8) is 0 Å². The third-order valence-electron chi connectivity index (χ3n) is 1.48. The zero-order valence-electron chi connectivity index (χ0n) is 7.50. The van der Waals surface area contributed by atoms with Crippen LogP contribution in [0.3, 0.4) is 0 Å². The molecular formula is C8H17NO2. The Hall–Kier alpha value is -0.410. The van der Waals surface area contributed by atoms with Crippen LogP contribution >= 0.6 is 0 Å². The smallest absolute Gasteiger partial charge is 0.126 e. The number of aliphatic hydroxyl groups excluding tert-OH is 1. The van der Waals surface area contributed by atoms with Gasteiger partial charge in [0.15, 0.2) is 0 Å². The fourth-order valence-corrected chi connectivity index (χ4v) is 0.983. The molecule has 0 aromatic carbocycles. The van der Waals surface area contributed by atoms with Crippen molar-refractivity contribution in [1.29, 1.82) is 0 Å². The minimum atomic E-state index is -0.302. The minimum Gasteiger partial charge on any atom is -0.395 e. The van der Waals surface area contributed by atoms with E-state index in [4.69, 9.17) is 5.11 Å². The lowest BCUT2D eigenvalue weighted by Crippen LogP contribution is -2.34. The lowest BCUT2D eigenvalue weighted by molar-refractivity contribution is -0.115. The zero-order chi connectivity index (χ0) is 8.91. The summed E-state index contributed by atoms with van der Waals surface area (Å²) in [5.41, 5.74) is -0.302. The van der Waals surface area contributed by atoms with Gasteiger partial charge >= 0.3 is 0 Å². The SMILES string of the molecule is CN(CCO)CC(C)(C)C=O. The van der Waals surface area contributed by atoms with Gasteiger partial charge in [-0.05, 0) is 7.05 Å². The molecule has 3 heteroatoms. The summed E-state index contributed by atoms with van der Waals surface area (Å²) in [6.45, 7) is 5.22. The van der Waals surface area contributed by atoms with E-state index in [0.717, 1.165) is 6.29 Å². The molecule has 0 aliphatic heterocycles. The molecule has 1 N–H and O–H groups in total. The fourth-order valence-electron chi connectivity index (χ4n) is 0.983. The molecule has 0 aromatic heterocycles. The van der Waals surface area contributed by atoms with Gasteiger partial charge in [-0.2, -0.15) is 0 Å². The largest absolute Gasteiger partial charge is 0.395 e. The maximum absolute atomic E-state index is 10.5. The number of likely N-dealkylation sites (N-methyl/N-ethyl adjacent to an activating group) is 1. The molecule has 0 bridgehead atoms. The van der Waals surface area contributed by atoms with Crippen LogP contribution in [0.5, 0.6) is 0 Å². The second-order valence-corrected chi connectivity index (χ2v) is 3.57. The number of hydrogen-bond acceptors (Lipinski definition) is 3. The van der Waals surface area contributed by atoms with Crippen LogP contribution in [0.15, 0.2) is 0 Å². The number of aldehydes is 1. The Kier molecular flexibility index (Phi) is 4.30. The maximum Gasteiger partial charge on any atom is 0.126 e. The van der Waals surface area contributed by atoms with Crippen molar-refractivity contribution >= 4 is 6.29 Å². The average molecular weight is 159 g/mol. The fraction of sp³-hybridized carbons (Fsp3) is 0.875. The van der Waals surface area contributed by atoms with Gasteiger partial charge in [-0.25, -0.2) is 0 Å². The predicted octanol–water partition coefficient (Wildman–Crippen LogP) is 0.136. The highest BCUT2D eigenvalue weighted by Crippen LogP contribution is 2.11. The van der Waals surface area contributed by atoms with Gasteiger partial charge in [0.25, 0.3) is 0 Å². The van der Waals surface area contributed by atoms with Crippen molar-refractivity contribution in [2.45, 2.75) is 13.8 Å². The minimum absolute atomic E-state index is 0.144. The molecule has 0 aliphatic carbocycles. The molecule has 0 rings (SSSR count). The second kappa shape index (κ2) is 4.46. The molecule has 66 valence electrons. The number of rotatable bonds is 5. The molecule has 0 heterocycles. The molecule has 0 fully saturated rings. The topological polar surface area (TPSA) is 40.5 Å². The molecule has 0 radical (unpaired) electrons. The normalized spacial score (nSPS) is 12.1. The molecule has 0 aromatic rings. The van der Waals surface area contributed by atoms with Crippen molar-refractivity contribution in [3.05, 3.63) is 0 Å². The van der Waals surface area contributed by atoms with Crippen LogP contribution in [-0.2, 0) is 4.79 Å².